The average Bonchev–Trinajstić information content (AvgIpc) is 3.08. The van der Waals surface area contributed by atoms with Crippen LogP contribution in [0.15, 0.2) is 97.6 Å². The fourth-order valence-corrected chi connectivity index (χ4v) is 4.84. The lowest BCUT2D eigenvalue weighted by Gasteiger charge is -2.46. The second-order valence-electron chi connectivity index (χ2n) is 10.6. The van der Waals surface area contributed by atoms with Crippen LogP contribution >= 0.6 is 0 Å². The molecule has 0 aliphatic heterocycles. The minimum Gasteiger partial charge on any atom is -0.496 e. The van der Waals surface area contributed by atoms with Gasteiger partial charge in [0, 0.05) is 17.7 Å². The average molecular weight is 649 g/mol. The number of para-hydroxylation sites is 1. The molecule has 0 heterocycles. The van der Waals surface area contributed by atoms with E-state index in [1.807, 2.05) is 0 Å². The first kappa shape index (κ1) is 36.3. The van der Waals surface area contributed by atoms with E-state index in [1.54, 1.807) is 55.5 Å². The summed E-state index contributed by atoms with van der Waals surface area (Å²) in [6, 6.07) is 13.4. The Morgan fingerprint density at radius 1 is 0.830 bits per heavy atom. The van der Waals surface area contributed by atoms with Gasteiger partial charge in [0.2, 0.25) is 5.79 Å². The minimum absolute atomic E-state index is 0.0228. The van der Waals surface area contributed by atoms with Gasteiger partial charge in [-0.1, -0.05) is 37.4 Å². The van der Waals surface area contributed by atoms with Crippen LogP contribution in [-0.4, -0.2) is 68.3 Å². The van der Waals surface area contributed by atoms with Crippen molar-refractivity contribution in [1.29, 1.82) is 0 Å². The van der Waals surface area contributed by atoms with Crippen LogP contribution < -0.4 is 9.47 Å². The van der Waals surface area contributed by atoms with Gasteiger partial charge in [-0.25, -0.2) is 19.2 Å². The number of carbonyl (C=O) groups excluding carboxylic acids is 3. The maximum absolute atomic E-state index is 13.7. The highest BCUT2D eigenvalue weighted by Gasteiger charge is 2.54. The Morgan fingerprint density at radius 2 is 1.43 bits per heavy atom. The van der Waals surface area contributed by atoms with Crippen molar-refractivity contribution in [2.45, 2.75) is 43.8 Å². The van der Waals surface area contributed by atoms with Crippen LogP contribution in [0, 0.1) is 0 Å². The van der Waals surface area contributed by atoms with Gasteiger partial charge in [0.05, 0.1) is 50.1 Å². The summed E-state index contributed by atoms with van der Waals surface area (Å²) in [6.45, 7) is 9.29. The van der Waals surface area contributed by atoms with Gasteiger partial charge >= 0.3 is 23.9 Å². The molecular weight excluding hydrogens is 608 g/mol. The first-order valence-electron chi connectivity index (χ1n) is 15.1. The number of carboxylic acids is 1. The highest BCUT2D eigenvalue weighted by Crippen LogP contribution is 2.48. The number of carbonyl (C=O) groups is 4. The second-order valence-corrected chi connectivity index (χ2v) is 10.6. The third kappa shape index (κ3) is 9.67. The smallest absolute Gasteiger partial charge is 0.340 e. The molecule has 0 amide bonds. The molecule has 1 N–H and O–H groups in total. The molecule has 0 saturated carbocycles. The Hall–Kier alpha value is -5.16. The van der Waals surface area contributed by atoms with Crippen LogP contribution in [0.3, 0.4) is 0 Å². The summed E-state index contributed by atoms with van der Waals surface area (Å²) in [5, 5.41) is 9.89. The summed E-state index contributed by atoms with van der Waals surface area (Å²) >= 11 is 0. The predicted octanol–water partition coefficient (Wildman–Crippen LogP) is 5.50. The molecule has 250 valence electrons. The third-order valence-corrected chi connectivity index (χ3v) is 7.38. The normalized spacial score (nSPS) is 18.3. The van der Waals surface area contributed by atoms with E-state index in [2.05, 4.69) is 13.2 Å². The molecule has 2 aromatic carbocycles. The Balaban J connectivity index is 1.84. The van der Waals surface area contributed by atoms with E-state index < -0.39 is 35.1 Å². The Bertz CT molecular complexity index is 1490. The number of benzene rings is 2. The molecular formula is C36H40O11. The summed E-state index contributed by atoms with van der Waals surface area (Å²) in [5.41, 5.74) is -0.653. The van der Waals surface area contributed by atoms with Crippen LogP contribution in [0.2, 0.25) is 0 Å². The Morgan fingerprint density at radius 3 is 2.02 bits per heavy atom. The second kappa shape index (κ2) is 17.5. The van der Waals surface area contributed by atoms with Crippen LogP contribution in [0.1, 0.15) is 48.5 Å². The summed E-state index contributed by atoms with van der Waals surface area (Å²) in [5.74, 6) is -3.75. The van der Waals surface area contributed by atoms with Gasteiger partial charge in [0.25, 0.3) is 0 Å². The van der Waals surface area contributed by atoms with Crippen molar-refractivity contribution in [2.75, 3.05) is 33.5 Å². The molecule has 0 saturated heterocycles. The lowest BCUT2D eigenvalue weighted by molar-refractivity contribution is -0.202. The van der Waals surface area contributed by atoms with Gasteiger partial charge < -0.3 is 33.5 Å². The Labute approximate surface area is 274 Å². The van der Waals surface area contributed by atoms with E-state index >= 15 is 0 Å². The van der Waals surface area contributed by atoms with Gasteiger partial charge in [0.15, 0.2) is 0 Å². The van der Waals surface area contributed by atoms with Crippen LogP contribution in [0.25, 0.3) is 0 Å². The summed E-state index contributed by atoms with van der Waals surface area (Å²) in [6.07, 6.45) is 8.59. The van der Waals surface area contributed by atoms with Gasteiger partial charge in [-0.3, -0.25) is 0 Å². The molecule has 0 bridgehead atoms. The molecule has 1 aliphatic carbocycles. The van der Waals surface area contributed by atoms with E-state index in [4.69, 9.17) is 28.4 Å². The van der Waals surface area contributed by atoms with E-state index in [-0.39, 0.29) is 31.0 Å². The molecule has 0 radical (unpaired) electrons. The topological polar surface area (TPSA) is 144 Å². The molecule has 2 unspecified atom stereocenters. The van der Waals surface area contributed by atoms with Gasteiger partial charge in [0.1, 0.15) is 11.5 Å². The van der Waals surface area contributed by atoms with Crippen LogP contribution in [0.5, 0.6) is 11.5 Å². The fourth-order valence-electron chi connectivity index (χ4n) is 4.84. The van der Waals surface area contributed by atoms with Crippen molar-refractivity contribution < 1.29 is 52.7 Å². The molecule has 1 aliphatic rings. The maximum Gasteiger partial charge on any atom is 0.340 e. The standard InChI is InChI=1S/C36H40O11/c1-5-31(37)44-22-10-9-21-43-28-17-15-26(16-18-28)34(41)47-36(46-24-12-11-23-45-32(38)6-2)20-19-27(33(39)40)25-35(36,3)29-13-7-8-14-30(29)42-4/h5-8,13-20,25H,1-2,9-12,21-24H2,3-4H3,(H,39,40). The zero-order valence-electron chi connectivity index (χ0n) is 26.6. The summed E-state index contributed by atoms with van der Waals surface area (Å²) in [4.78, 5) is 48.3. The van der Waals surface area contributed by atoms with Crippen molar-refractivity contribution in [2.24, 2.45) is 0 Å². The lowest BCUT2D eigenvalue weighted by Crippen LogP contribution is -2.54. The molecule has 2 aromatic rings. The SMILES string of the molecule is C=CC(=O)OCCCCOc1ccc(C(=O)OC2(OCCCCOC(=O)C=C)C=CC(C(=O)O)=CC2(C)c2ccccc2OC)cc1. The van der Waals surface area contributed by atoms with E-state index in [1.165, 1.54) is 25.3 Å². The zero-order chi connectivity index (χ0) is 34.3. The van der Waals surface area contributed by atoms with Gasteiger partial charge in [-0.2, -0.15) is 0 Å². The van der Waals surface area contributed by atoms with Crippen LogP contribution in [0.4, 0.5) is 0 Å². The molecule has 11 heteroatoms. The van der Waals surface area contributed by atoms with E-state index in [0.29, 0.717) is 49.4 Å². The third-order valence-electron chi connectivity index (χ3n) is 7.38. The van der Waals surface area contributed by atoms with E-state index in [9.17, 15) is 24.3 Å². The predicted molar refractivity (Wildman–Crippen MR) is 172 cm³/mol. The van der Waals surface area contributed by atoms with Gasteiger partial charge in [-0.05, 0) is 75.1 Å². The van der Waals surface area contributed by atoms with Crippen molar-refractivity contribution in [3.63, 3.8) is 0 Å². The highest BCUT2D eigenvalue weighted by molar-refractivity contribution is 5.92. The lowest BCUT2D eigenvalue weighted by atomic mass is 9.70. The quantitative estimate of drug-likeness (QED) is 0.0678. The summed E-state index contributed by atoms with van der Waals surface area (Å²) in [7, 11) is 1.49. The minimum atomic E-state index is -1.81. The number of hydrogen-bond acceptors (Lipinski definition) is 10. The first-order valence-corrected chi connectivity index (χ1v) is 15.1. The number of carboxylic acid groups (broad SMARTS) is 1. The van der Waals surface area contributed by atoms with Crippen LogP contribution in [-0.2, 0) is 38.7 Å². The number of methoxy groups -OCH3 is 1. The number of ether oxygens (including phenoxy) is 6. The first-order chi connectivity index (χ1) is 22.6. The van der Waals surface area contributed by atoms with Crippen molar-refractivity contribution in [3.8, 4) is 11.5 Å². The fraction of sp³-hybridized carbons (Fsp3) is 0.333. The molecule has 0 spiro atoms. The molecule has 3 rings (SSSR count). The largest absolute Gasteiger partial charge is 0.496 e. The zero-order valence-corrected chi connectivity index (χ0v) is 26.6. The number of aliphatic carboxylic acids is 1. The molecule has 47 heavy (non-hydrogen) atoms. The van der Waals surface area contributed by atoms with Crippen molar-refractivity contribution >= 4 is 23.9 Å². The van der Waals surface area contributed by atoms with E-state index in [0.717, 1.165) is 12.2 Å². The van der Waals surface area contributed by atoms with Crippen molar-refractivity contribution in [1.82, 2.24) is 0 Å². The molecule has 0 fully saturated rings. The summed E-state index contributed by atoms with van der Waals surface area (Å²) < 4.78 is 33.9. The molecule has 0 aromatic heterocycles. The number of rotatable bonds is 19. The molecule has 2 atom stereocenters. The number of unbranched alkanes of at least 4 members (excludes halogenated alkanes) is 2. The Kier molecular flexibility index (Phi) is 13.5. The number of hydrogen-bond donors (Lipinski definition) is 1. The number of esters is 3. The molecule has 11 nitrogen and oxygen atoms in total. The maximum atomic E-state index is 13.7. The highest BCUT2D eigenvalue weighted by atomic mass is 16.7. The van der Waals surface area contributed by atoms with Crippen molar-refractivity contribution in [3.05, 3.63) is 109 Å². The monoisotopic (exact) mass is 648 g/mol. The van der Waals surface area contributed by atoms with Gasteiger partial charge in [-0.15, -0.1) is 0 Å².